The number of thiol groups is 2. The summed E-state index contributed by atoms with van der Waals surface area (Å²) in [6, 6.07) is 77.0. The molecule has 0 saturated carbocycles. The van der Waals surface area contributed by atoms with Gasteiger partial charge in [0.05, 0.1) is 15.8 Å². The average molecular weight is 1170 g/mol. The second-order valence-corrected chi connectivity index (χ2v) is 50.6. The van der Waals surface area contributed by atoms with Gasteiger partial charge in [-0.25, -0.2) is 0 Å². The molecular formula is C54H76GeN2P2PdS2Si4+2. The van der Waals surface area contributed by atoms with Crippen LogP contribution in [-0.2, 0) is 47.4 Å². The Morgan fingerprint density at radius 2 is 0.379 bits per heavy atom. The summed E-state index contributed by atoms with van der Waals surface area (Å²) in [4.78, 5) is 0. The van der Waals surface area contributed by atoms with Crippen molar-refractivity contribution in [1.29, 1.82) is 0 Å². The van der Waals surface area contributed by atoms with Gasteiger partial charge in [0, 0.05) is 0 Å². The third kappa shape index (κ3) is 21.4. The van der Waals surface area contributed by atoms with Gasteiger partial charge in [-0.1, -0.05) is 146 Å². The van der Waals surface area contributed by atoms with Crippen molar-refractivity contribution >= 4 is 123 Å². The fourth-order valence-corrected chi connectivity index (χ4v) is 42.3. The molecule has 0 aliphatic heterocycles. The van der Waals surface area contributed by atoms with Gasteiger partial charge in [-0.05, 0) is 72.8 Å². The molecule has 7 rings (SSSR count). The Bertz CT molecular complexity index is 1880. The number of hydrogen-bond acceptors (Lipinski definition) is 4. The maximum Gasteiger partial charge on any atom is 2.00 e. The summed E-state index contributed by atoms with van der Waals surface area (Å²) in [5, 5.41) is 8.61. The molecule has 0 spiro atoms. The van der Waals surface area contributed by atoms with Gasteiger partial charge in [-0.2, -0.15) is 0 Å². The van der Waals surface area contributed by atoms with Crippen molar-refractivity contribution in [1.82, 2.24) is 6.38 Å². The first-order valence-electron chi connectivity index (χ1n) is 22.3. The third-order valence-electron chi connectivity index (χ3n) is 9.92. The minimum Gasteiger partial charge on any atom is -0.813 e. The second-order valence-electron chi connectivity index (χ2n) is 19.6. The molecule has 7 aromatic carbocycles. The molecule has 0 aliphatic rings. The Morgan fingerprint density at radius 3 is 0.500 bits per heavy atom. The number of nitrogens with zero attached hydrogens (tertiary/aromatic N) is 2. The van der Waals surface area contributed by atoms with Crippen molar-refractivity contribution in [2.75, 3.05) is 0 Å². The van der Waals surface area contributed by atoms with Crippen LogP contribution in [0.5, 0.6) is 0 Å². The van der Waals surface area contributed by atoms with Gasteiger partial charge < -0.3 is 27.0 Å². The summed E-state index contributed by atoms with van der Waals surface area (Å²) in [5.41, 5.74) is 0. The Balaban J connectivity index is 0.000000454. The van der Waals surface area contributed by atoms with Gasteiger partial charge in [-0.15, -0.1) is 0 Å². The van der Waals surface area contributed by atoms with Crippen LogP contribution < -0.4 is 31.8 Å². The Kier molecular flexibility index (Phi) is 28.8. The first kappa shape index (κ1) is 62.1. The van der Waals surface area contributed by atoms with Crippen LogP contribution in [0.15, 0.2) is 218 Å². The molecule has 2 radical (unpaired) electrons. The zero-order valence-electron chi connectivity index (χ0n) is 41.4. The minimum absolute atomic E-state index is 0. The monoisotopic (exact) mass is 1170 g/mol. The zero-order chi connectivity index (χ0) is 45.9. The molecule has 0 atom stereocenters. The fourth-order valence-electron chi connectivity index (χ4n) is 7.73. The normalized spacial score (nSPS) is 11.3. The molecule has 0 unspecified atom stereocenters. The molecule has 2 nitrogen and oxygen atoms in total. The summed E-state index contributed by atoms with van der Waals surface area (Å²) in [5.74, 6) is 0. The maximum absolute atomic E-state index is 3.07. The largest absolute Gasteiger partial charge is 2.00 e. The summed E-state index contributed by atoms with van der Waals surface area (Å²) in [7, 11) is -6.51. The van der Waals surface area contributed by atoms with Gasteiger partial charge in [0.1, 0.15) is 31.8 Å². The second kappa shape index (κ2) is 30.6. The van der Waals surface area contributed by atoms with E-state index in [1.807, 2.05) is 36.4 Å². The molecule has 0 amide bonds. The van der Waals surface area contributed by atoms with Gasteiger partial charge in [0.15, 0.2) is 0 Å². The van der Waals surface area contributed by atoms with E-state index in [4.69, 9.17) is 0 Å². The summed E-state index contributed by atoms with van der Waals surface area (Å²) < 4.78 is 6.13. The van der Waals surface area contributed by atoms with Crippen molar-refractivity contribution in [3.05, 3.63) is 218 Å². The molecule has 66 heavy (non-hydrogen) atoms. The predicted molar refractivity (Wildman–Crippen MR) is 320 cm³/mol. The van der Waals surface area contributed by atoms with E-state index >= 15 is 0 Å². The van der Waals surface area contributed by atoms with Crippen LogP contribution in [0.1, 0.15) is 0 Å². The summed E-state index contributed by atoms with van der Waals surface area (Å²) >= 11 is -0.114. The van der Waals surface area contributed by atoms with E-state index in [9.17, 15) is 0 Å². The van der Waals surface area contributed by atoms with E-state index in [0.29, 0.717) is 0 Å². The van der Waals surface area contributed by atoms with Crippen molar-refractivity contribution in [3.8, 4) is 0 Å². The van der Waals surface area contributed by atoms with Crippen molar-refractivity contribution in [2.45, 2.75) is 78.6 Å². The molecule has 0 saturated heterocycles. The third-order valence-corrected chi connectivity index (χ3v) is 48.6. The number of rotatable bonds is 12. The van der Waals surface area contributed by atoms with Crippen LogP contribution in [0.2, 0.25) is 78.6 Å². The van der Waals surface area contributed by atoms with Crippen LogP contribution in [0.25, 0.3) is 0 Å². The predicted octanol–water partition coefficient (Wildman–Crippen LogP) is 12.0. The molecule has 0 heterocycles. The van der Waals surface area contributed by atoms with Crippen LogP contribution in [-0.4, -0.2) is 55.2 Å². The van der Waals surface area contributed by atoms with E-state index in [1.54, 1.807) is 0 Å². The fraction of sp³-hybridized carbons (Fsp3) is 0.222. The van der Waals surface area contributed by atoms with Gasteiger partial charge in [-0.3, -0.25) is 0 Å². The minimum atomic E-state index is -1.19. The van der Waals surface area contributed by atoms with E-state index in [0.717, 1.165) is 0 Å². The average Bonchev–Trinajstić information content (AvgIpc) is 3.26. The van der Waals surface area contributed by atoms with Crippen LogP contribution in [0.4, 0.5) is 0 Å². The molecule has 0 aromatic heterocycles. The molecule has 0 N–H and O–H groups in total. The molecule has 7 aromatic rings. The van der Waals surface area contributed by atoms with Gasteiger partial charge in [0.2, 0.25) is 0 Å². The molecule has 0 fully saturated rings. The van der Waals surface area contributed by atoms with Crippen molar-refractivity contribution < 1.29 is 20.4 Å². The van der Waals surface area contributed by atoms with Crippen molar-refractivity contribution in [3.63, 3.8) is 0 Å². The zero-order valence-corrected chi connectivity index (χ0v) is 52.8. The maximum atomic E-state index is 3.07. The van der Waals surface area contributed by atoms with E-state index in [1.165, 1.54) is 31.8 Å². The molecule has 0 aliphatic carbocycles. The van der Waals surface area contributed by atoms with Crippen LogP contribution in [0.3, 0.4) is 0 Å². The first-order chi connectivity index (χ1) is 29.9. The Morgan fingerprint density at radius 1 is 0.258 bits per heavy atom. The topological polar surface area (TPSA) is 6.48 Å². The van der Waals surface area contributed by atoms with E-state index in [2.05, 4.69) is 267 Å². The number of benzene rings is 7. The number of hydrogen-bond donors (Lipinski definition) is 0. The SMILES string of the molecule is C[Si](C)(C)[N]([Ge][N]([Si](C)(C)C)[Si](C)(C)C)[Si](C)(C)C.[Pd+2].[SH-].[SH-].c1ccc([PH+](c2ccccc2)c2ccccc2)cc1.c1ccc([PH+](c2ccccc2)c2ccccc2)cc1.c1ccccc1. The van der Waals surface area contributed by atoms with Crippen LogP contribution in [0, 0.1) is 0 Å². The van der Waals surface area contributed by atoms with Gasteiger partial charge in [0.25, 0.3) is 0 Å². The smallest absolute Gasteiger partial charge is 0.813 e. The van der Waals surface area contributed by atoms with Crippen molar-refractivity contribution in [2.24, 2.45) is 0 Å². The molecule has 12 heteroatoms. The van der Waals surface area contributed by atoms with Gasteiger partial charge >= 0.3 is 154 Å². The summed E-state index contributed by atoms with van der Waals surface area (Å²) in [6.45, 7) is 30.5. The Hall–Kier alpha value is -1.91. The first-order valence-corrected chi connectivity index (χ1v) is 41.0. The van der Waals surface area contributed by atoms with E-state index < -0.39 is 48.8 Å². The molecule has 0 bridgehead atoms. The van der Waals surface area contributed by atoms with Crippen LogP contribution >= 0.6 is 15.8 Å². The molecular weight excluding hydrogens is 1090 g/mol. The summed E-state index contributed by atoms with van der Waals surface area (Å²) in [6.07, 6.45) is 0. The van der Waals surface area contributed by atoms with E-state index in [-0.39, 0.29) is 63.3 Å². The standard InChI is InChI=1S/2C18H15P.C12H36GeN2Si4.C6H6.Pd.2H2S/c2*1-4-10-16(11-5-1)19(17-12-6-2-7-13-17)18-14-8-3-9-15-18;1-16(2,3)14(17(4,5)6)13-15(18(7,8)9)19(10,11)12;1-2-4-6-5-3-1;;;/h2*1-15H;1-12H3;1-6H;;2*1H2/q;;;;+2;;. The Labute approximate surface area is 443 Å². The molecule has 352 valence electrons. The quantitative estimate of drug-likeness (QED) is 0.0520.